The zero-order valence-electron chi connectivity index (χ0n) is 13.0. The van der Waals surface area contributed by atoms with Crippen LogP contribution >= 0.6 is 11.3 Å². The predicted molar refractivity (Wildman–Crippen MR) is 89.5 cm³/mol. The van der Waals surface area contributed by atoms with Crippen LogP contribution in [0, 0.1) is 0 Å². The summed E-state index contributed by atoms with van der Waals surface area (Å²) < 4.78 is 1.61. The highest BCUT2D eigenvalue weighted by Gasteiger charge is 2.24. The van der Waals surface area contributed by atoms with Gasteiger partial charge in [0.05, 0.1) is 5.69 Å². The van der Waals surface area contributed by atoms with E-state index in [1.165, 1.54) is 0 Å². The molecule has 0 aliphatic carbocycles. The summed E-state index contributed by atoms with van der Waals surface area (Å²) >= 11 is 1.57. The molecule has 0 aliphatic heterocycles. The second-order valence-electron chi connectivity index (χ2n) is 5.70. The van der Waals surface area contributed by atoms with Crippen molar-refractivity contribution in [2.75, 3.05) is 6.54 Å². The van der Waals surface area contributed by atoms with E-state index in [1.807, 2.05) is 48.7 Å². The molecular formula is C16H19N5OS. The molecule has 2 atom stereocenters. The molecule has 23 heavy (non-hydrogen) atoms. The molecule has 0 fully saturated rings. The summed E-state index contributed by atoms with van der Waals surface area (Å²) in [6.45, 7) is 4.40. The molecule has 7 heteroatoms. The van der Waals surface area contributed by atoms with Crippen LogP contribution in [0.1, 0.15) is 30.3 Å². The van der Waals surface area contributed by atoms with Crippen molar-refractivity contribution in [1.82, 2.24) is 25.5 Å². The van der Waals surface area contributed by atoms with Gasteiger partial charge in [0.25, 0.3) is 0 Å². The highest BCUT2D eigenvalue weighted by atomic mass is 32.1. The van der Waals surface area contributed by atoms with Crippen LogP contribution < -0.4 is 5.32 Å². The number of nitrogens with zero attached hydrogens (tertiary/aromatic N) is 4. The maximum absolute atomic E-state index is 10.6. The van der Waals surface area contributed by atoms with E-state index < -0.39 is 5.60 Å². The van der Waals surface area contributed by atoms with Crippen LogP contribution in [-0.2, 0) is 5.60 Å². The smallest absolute Gasteiger partial charge is 0.143 e. The van der Waals surface area contributed by atoms with Gasteiger partial charge in [0.2, 0.25) is 0 Å². The number of thiophene rings is 1. The largest absolute Gasteiger partial charge is 0.383 e. The van der Waals surface area contributed by atoms with Gasteiger partial charge < -0.3 is 10.4 Å². The highest BCUT2D eigenvalue weighted by Crippen LogP contribution is 2.25. The molecule has 0 saturated heterocycles. The first-order chi connectivity index (χ1) is 11.1. The Hall–Kier alpha value is -2.09. The number of aromatic nitrogens is 4. The standard InChI is InChI=1S/C16H19N5OS/c1-12(17-10-16(2,22)15-4-3-9-23-15)13-5-7-14(8-6-13)21-11-18-19-20-21/h3-9,11-12,17,22H,10H2,1-2H3. The monoisotopic (exact) mass is 329 g/mol. The third-order valence-corrected chi connectivity index (χ3v) is 4.93. The summed E-state index contributed by atoms with van der Waals surface area (Å²) in [5.74, 6) is 0. The lowest BCUT2D eigenvalue weighted by Crippen LogP contribution is -2.36. The molecule has 2 aromatic heterocycles. The minimum atomic E-state index is -0.866. The Balaban J connectivity index is 1.63. The number of hydrogen-bond acceptors (Lipinski definition) is 6. The van der Waals surface area contributed by atoms with E-state index in [-0.39, 0.29) is 6.04 Å². The summed E-state index contributed by atoms with van der Waals surface area (Å²) in [5, 5.41) is 27.1. The van der Waals surface area contributed by atoms with Crippen LogP contribution in [0.3, 0.4) is 0 Å². The molecule has 2 heterocycles. The van der Waals surface area contributed by atoms with Gasteiger partial charge in [-0.15, -0.1) is 16.4 Å². The number of hydrogen-bond donors (Lipinski definition) is 2. The Bertz CT molecular complexity index is 722. The zero-order valence-corrected chi connectivity index (χ0v) is 13.9. The van der Waals surface area contributed by atoms with Crippen LogP contribution in [0.25, 0.3) is 5.69 Å². The molecule has 2 unspecified atom stereocenters. The molecular weight excluding hydrogens is 310 g/mol. The molecule has 3 aromatic rings. The average Bonchev–Trinajstić information content (AvgIpc) is 3.26. The number of benzene rings is 1. The maximum Gasteiger partial charge on any atom is 0.143 e. The first-order valence-electron chi connectivity index (χ1n) is 7.39. The predicted octanol–water partition coefficient (Wildman–Crippen LogP) is 2.28. The Kier molecular flexibility index (Phi) is 4.51. The lowest BCUT2D eigenvalue weighted by molar-refractivity contribution is 0.0581. The first-order valence-corrected chi connectivity index (χ1v) is 8.27. The average molecular weight is 329 g/mol. The summed E-state index contributed by atoms with van der Waals surface area (Å²) in [6.07, 6.45) is 1.56. The van der Waals surface area contributed by atoms with Gasteiger partial charge in [0, 0.05) is 17.5 Å². The Labute approximate surface area is 138 Å². The minimum absolute atomic E-state index is 0.129. The van der Waals surface area contributed by atoms with Gasteiger partial charge in [-0.2, -0.15) is 0 Å². The van der Waals surface area contributed by atoms with Crippen molar-refractivity contribution in [3.63, 3.8) is 0 Å². The van der Waals surface area contributed by atoms with Crippen molar-refractivity contribution in [2.45, 2.75) is 25.5 Å². The molecule has 3 rings (SSSR count). The van der Waals surface area contributed by atoms with E-state index in [9.17, 15) is 5.11 Å². The highest BCUT2D eigenvalue weighted by molar-refractivity contribution is 7.10. The fraction of sp³-hybridized carbons (Fsp3) is 0.312. The molecule has 0 radical (unpaired) electrons. The van der Waals surface area contributed by atoms with Crippen molar-refractivity contribution in [3.8, 4) is 5.69 Å². The fourth-order valence-corrected chi connectivity index (χ4v) is 3.12. The van der Waals surface area contributed by atoms with Crippen LogP contribution in [0.4, 0.5) is 0 Å². The normalized spacial score (nSPS) is 15.3. The third kappa shape index (κ3) is 3.64. The van der Waals surface area contributed by atoms with Gasteiger partial charge in [-0.1, -0.05) is 18.2 Å². The molecule has 1 aromatic carbocycles. The van der Waals surface area contributed by atoms with Gasteiger partial charge >= 0.3 is 0 Å². The minimum Gasteiger partial charge on any atom is -0.383 e. The van der Waals surface area contributed by atoms with Gasteiger partial charge in [0.1, 0.15) is 11.9 Å². The van der Waals surface area contributed by atoms with E-state index >= 15 is 0 Å². The lowest BCUT2D eigenvalue weighted by Gasteiger charge is -2.25. The number of nitrogens with one attached hydrogen (secondary N) is 1. The second kappa shape index (κ2) is 6.57. The third-order valence-electron chi connectivity index (χ3n) is 3.81. The van der Waals surface area contributed by atoms with Gasteiger partial charge in [-0.25, -0.2) is 4.68 Å². The van der Waals surface area contributed by atoms with E-state index in [0.717, 1.165) is 16.1 Å². The SMILES string of the molecule is CC(NCC(C)(O)c1cccs1)c1ccc(-n2cnnn2)cc1. The number of tetrazole rings is 1. The van der Waals surface area contributed by atoms with Gasteiger partial charge in [-0.3, -0.25) is 0 Å². The fourth-order valence-electron chi connectivity index (χ4n) is 2.34. The van der Waals surface area contributed by atoms with Crippen molar-refractivity contribution in [3.05, 3.63) is 58.5 Å². The molecule has 0 amide bonds. The molecule has 120 valence electrons. The summed E-state index contributed by atoms with van der Waals surface area (Å²) in [7, 11) is 0. The van der Waals surface area contributed by atoms with Crippen LogP contribution in [0.15, 0.2) is 48.1 Å². The summed E-state index contributed by atoms with van der Waals surface area (Å²) in [5.41, 5.74) is 1.19. The van der Waals surface area contributed by atoms with Crippen molar-refractivity contribution < 1.29 is 5.11 Å². The van der Waals surface area contributed by atoms with Crippen molar-refractivity contribution in [1.29, 1.82) is 0 Å². The summed E-state index contributed by atoms with van der Waals surface area (Å²) in [6, 6.07) is 12.1. The first kappa shape index (κ1) is 15.8. The van der Waals surface area contributed by atoms with Crippen LogP contribution in [0.5, 0.6) is 0 Å². The van der Waals surface area contributed by atoms with E-state index in [0.29, 0.717) is 6.54 Å². The topological polar surface area (TPSA) is 75.9 Å². The molecule has 0 spiro atoms. The Morgan fingerprint density at radius 2 is 2.09 bits per heavy atom. The van der Waals surface area contributed by atoms with Gasteiger partial charge in [-0.05, 0) is 53.4 Å². The summed E-state index contributed by atoms with van der Waals surface area (Å²) in [4.78, 5) is 0.964. The van der Waals surface area contributed by atoms with Gasteiger partial charge in [0.15, 0.2) is 0 Å². The maximum atomic E-state index is 10.6. The van der Waals surface area contributed by atoms with Crippen molar-refractivity contribution >= 4 is 11.3 Å². The van der Waals surface area contributed by atoms with Crippen molar-refractivity contribution in [2.24, 2.45) is 0 Å². The van der Waals surface area contributed by atoms with Crippen LogP contribution in [0.2, 0.25) is 0 Å². The van der Waals surface area contributed by atoms with E-state index in [1.54, 1.807) is 22.3 Å². The second-order valence-corrected chi connectivity index (χ2v) is 6.65. The Morgan fingerprint density at radius 1 is 1.30 bits per heavy atom. The molecule has 6 nitrogen and oxygen atoms in total. The number of rotatable bonds is 6. The zero-order chi connectivity index (χ0) is 16.3. The Morgan fingerprint density at radius 3 is 2.70 bits per heavy atom. The van der Waals surface area contributed by atoms with Crippen LogP contribution in [-0.4, -0.2) is 31.9 Å². The molecule has 0 saturated carbocycles. The lowest BCUT2D eigenvalue weighted by atomic mass is 10.0. The molecule has 0 bridgehead atoms. The molecule has 0 aliphatic rings. The molecule has 2 N–H and O–H groups in total. The van der Waals surface area contributed by atoms with E-state index in [4.69, 9.17) is 0 Å². The quantitative estimate of drug-likeness (QED) is 0.725. The number of aliphatic hydroxyl groups is 1. The van der Waals surface area contributed by atoms with E-state index in [2.05, 4.69) is 27.8 Å².